The predicted molar refractivity (Wildman–Crippen MR) is 109 cm³/mol. The van der Waals surface area contributed by atoms with Gasteiger partial charge in [-0.05, 0) is 24.1 Å². The van der Waals surface area contributed by atoms with Crippen molar-refractivity contribution in [1.82, 2.24) is 0 Å². The third-order valence-corrected chi connectivity index (χ3v) is 5.03. The van der Waals surface area contributed by atoms with E-state index in [0.717, 1.165) is 18.6 Å². The lowest BCUT2D eigenvalue weighted by atomic mass is 10.0. The summed E-state index contributed by atoms with van der Waals surface area (Å²) in [6.45, 7) is 2.75. The summed E-state index contributed by atoms with van der Waals surface area (Å²) >= 11 is 5.56. The van der Waals surface area contributed by atoms with E-state index in [9.17, 15) is 8.78 Å². The Kier molecular flexibility index (Phi) is 9.61. The molecule has 0 bridgehead atoms. The van der Waals surface area contributed by atoms with Gasteiger partial charge in [0.05, 0.1) is 12.5 Å². The number of rotatable bonds is 6. The topological polar surface area (TPSA) is 9.23 Å². The van der Waals surface area contributed by atoms with Gasteiger partial charge in [0.2, 0.25) is 0 Å². The quantitative estimate of drug-likeness (QED) is 0.357. The fourth-order valence-electron chi connectivity index (χ4n) is 3.04. The second kappa shape index (κ2) is 12.0. The molecular formula is C23H29ClF2O. The second-order valence-electron chi connectivity index (χ2n) is 6.88. The molecular weight excluding hydrogens is 366 g/mol. The summed E-state index contributed by atoms with van der Waals surface area (Å²) in [5.41, 5.74) is 0.995. The van der Waals surface area contributed by atoms with Crippen molar-refractivity contribution >= 4 is 11.6 Å². The summed E-state index contributed by atoms with van der Waals surface area (Å²) in [5, 5.41) is 0. The van der Waals surface area contributed by atoms with Gasteiger partial charge in [-0.1, -0.05) is 76.1 Å². The number of ether oxygens (including phenoxy) is 1. The van der Waals surface area contributed by atoms with Crippen LogP contribution >= 0.6 is 11.6 Å². The highest BCUT2D eigenvalue weighted by Gasteiger charge is 2.14. The predicted octanol–water partition coefficient (Wildman–Crippen LogP) is 7.89. The average Bonchev–Trinajstić information content (AvgIpc) is 2.73. The van der Waals surface area contributed by atoms with Crippen LogP contribution in [0.4, 0.5) is 8.78 Å². The molecule has 0 heterocycles. The van der Waals surface area contributed by atoms with E-state index in [1.165, 1.54) is 44.6 Å². The van der Waals surface area contributed by atoms with Crippen molar-refractivity contribution in [1.29, 1.82) is 0 Å². The first kappa shape index (κ1) is 21.7. The molecule has 2 aromatic rings. The molecule has 0 radical (unpaired) electrons. The molecule has 0 amide bonds. The van der Waals surface area contributed by atoms with Crippen LogP contribution in [-0.2, 0) is 5.88 Å². The molecule has 27 heavy (non-hydrogen) atoms. The van der Waals surface area contributed by atoms with Gasteiger partial charge in [0.25, 0.3) is 0 Å². The van der Waals surface area contributed by atoms with Crippen molar-refractivity contribution in [3.05, 3.63) is 53.6 Å². The standard InChI is InChI=1S/C17H17ClF2O.C6H12/c1-2-3-10-21-14-7-4-12(5-8-14)15-9-6-13(11-18)16(19)17(15)20;1-2-4-6-5-3-1/h4-9H,2-3,10-11H2,1H3;1-6H2. The molecule has 0 saturated heterocycles. The van der Waals surface area contributed by atoms with Gasteiger partial charge in [-0.3, -0.25) is 0 Å². The van der Waals surface area contributed by atoms with Crippen molar-refractivity contribution in [2.75, 3.05) is 6.61 Å². The third-order valence-electron chi connectivity index (χ3n) is 4.74. The van der Waals surface area contributed by atoms with Crippen molar-refractivity contribution in [3.8, 4) is 16.9 Å². The summed E-state index contributed by atoms with van der Waals surface area (Å²) in [7, 11) is 0. The maximum Gasteiger partial charge on any atom is 0.166 e. The second-order valence-corrected chi connectivity index (χ2v) is 7.15. The van der Waals surface area contributed by atoms with Gasteiger partial charge < -0.3 is 4.74 Å². The van der Waals surface area contributed by atoms with E-state index in [-0.39, 0.29) is 17.0 Å². The smallest absolute Gasteiger partial charge is 0.166 e. The van der Waals surface area contributed by atoms with Crippen LogP contribution in [0.3, 0.4) is 0 Å². The maximum atomic E-state index is 14.0. The van der Waals surface area contributed by atoms with E-state index in [4.69, 9.17) is 16.3 Å². The first-order valence-electron chi connectivity index (χ1n) is 9.93. The van der Waals surface area contributed by atoms with Crippen molar-refractivity contribution in [3.63, 3.8) is 0 Å². The van der Waals surface area contributed by atoms with Gasteiger partial charge in [-0.2, -0.15) is 0 Å². The molecule has 1 aliphatic carbocycles. The van der Waals surface area contributed by atoms with Crippen LogP contribution in [0.25, 0.3) is 11.1 Å². The molecule has 0 atom stereocenters. The highest BCUT2D eigenvalue weighted by atomic mass is 35.5. The molecule has 1 fully saturated rings. The van der Waals surface area contributed by atoms with Crippen LogP contribution in [0.5, 0.6) is 5.75 Å². The molecule has 1 aliphatic rings. The Bertz CT molecular complexity index is 670. The van der Waals surface area contributed by atoms with Crippen molar-refractivity contribution in [2.45, 2.75) is 64.2 Å². The van der Waals surface area contributed by atoms with E-state index >= 15 is 0 Å². The van der Waals surface area contributed by atoms with E-state index < -0.39 is 11.6 Å². The van der Waals surface area contributed by atoms with Crippen LogP contribution in [0.2, 0.25) is 0 Å². The highest BCUT2D eigenvalue weighted by Crippen LogP contribution is 2.28. The van der Waals surface area contributed by atoms with Crippen molar-refractivity contribution in [2.24, 2.45) is 0 Å². The number of unbranched alkanes of at least 4 members (excludes halogenated alkanes) is 1. The Morgan fingerprint density at radius 1 is 0.852 bits per heavy atom. The number of alkyl halides is 1. The Hall–Kier alpha value is -1.61. The lowest BCUT2D eigenvalue weighted by Crippen LogP contribution is -1.97. The van der Waals surface area contributed by atoms with Crippen LogP contribution in [0.15, 0.2) is 36.4 Å². The molecule has 0 aromatic heterocycles. The molecule has 0 unspecified atom stereocenters. The maximum absolute atomic E-state index is 14.0. The van der Waals surface area contributed by atoms with Crippen LogP contribution in [0.1, 0.15) is 63.9 Å². The molecule has 1 saturated carbocycles. The molecule has 0 aliphatic heterocycles. The molecule has 0 N–H and O–H groups in total. The fourth-order valence-corrected chi connectivity index (χ4v) is 3.25. The molecule has 148 valence electrons. The van der Waals surface area contributed by atoms with Crippen molar-refractivity contribution < 1.29 is 13.5 Å². The zero-order valence-electron chi connectivity index (χ0n) is 16.1. The lowest BCUT2D eigenvalue weighted by Gasteiger charge is -2.09. The molecule has 2 aromatic carbocycles. The summed E-state index contributed by atoms with van der Waals surface area (Å²) < 4.78 is 33.3. The number of hydrogen-bond acceptors (Lipinski definition) is 1. The third kappa shape index (κ3) is 6.80. The van der Waals surface area contributed by atoms with E-state index in [2.05, 4.69) is 6.92 Å². The minimum atomic E-state index is -0.884. The molecule has 4 heteroatoms. The van der Waals surface area contributed by atoms with Gasteiger partial charge in [-0.25, -0.2) is 8.78 Å². The zero-order chi connectivity index (χ0) is 19.5. The van der Waals surface area contributed by atoms with Crippen LogP contribution < -0.4 is 4.74 Å². The van der Waals surface area contributed by atoms with Crippen LogP contribution in [0, 0.1) is 11.6 Å². The average molecular weight is 395 g/mol. The zero-order valence-corrected chi connectivity index (χ0v) is 16.8. The Labute approximate surface area is 166 Å². The number of halogens is 3. The Morgan fingerprint density at radius 2 is 1.44 bits per heavy atom. The Morgan fingerprint density at radius 3 is 1.96 bits per heavy atom. The largest absolute Gasteiger partial charge is 0.494 e. The monoisotopic (exact) mass is 394 g/mol. The first-order valence-corrected chi connectivity index (χ1v) is 10.5. The summed E-state index contributed by atoms with van der Waals surface area (Å²) in [6, 6.07) is 10.0. The summed E-state index contributed by atoms with van der Waals surface area (Å²) in [5.74, 6) is -1.07. The van der Waals surface area contributed by atoms with Gasteiger partial charge in [0.15, 0.2) is 11.6 Å². The van der Waals surface area contributed by atoms with Crippen LogP contribution in [-0.4, -0.2) is 6.61 Å². The normalized spacial score (nSPS) is 13.6. The minimum Gasteiger partial charge on any atom is -0.494 e. The fraction of sp³-hybridized carbons (Fsp3) is 0.478. The SMILES string of the molecule is C1CCCCC1.CCCCOc1ccc(-c2ccc(CCl)c(F)c2F)cc1. The van der Waals surface area contributed by atoms with E-state index in [1.54, 1.807) is 30.3 Å². The number of hydrogen-bond donors (Lipinski definition) is 0. The molecule has 0 spiro atoms. The van der Waals surface area contributed by atoms with Gasteiger partial charge in [0.1, 0.15) is 5.75 Å². The van der Waals surface area contributed by atoms with Gasteiger partial charge >= 0.3 is 0 Å². The lowest BCUT2D eigenvalue weighted by molar-refractivity contribution is 0.309. The summed E-state index contributed by atoms with van der Waals surface area (Å²) in [4.78, 5) is 0. The number of benzene rings is 2. The highest BCUT2D eigenvalue weighted by molar-refractivity contribution is 6.17. The Balaban J connectivity index is 0.000000369. The van der Waals surface area contributed by atoms with E-state index in [0.29, 0.717) is 12.2 Å². The van der Waals surface area contributed by atoms with E-state index in [1.807, 2.05) is 0 Å². The minimum absolute atomic E-state index is 0.0484. The molecule has 3 rings (SSSR count). The van der Waals surface area contributed by atoms with Gasteiger partial charge in [0, 0.05) is 11.1 Å². The molecule has 1 nitrogen and oxygen atoms in total. The summed E-state index contributed by atoms with van der Waals surface area (Å²) in [6.07, 6.45) is 11.1. The first-order chi connectivity index (χ1) is 13.2. The van der Waals surface area contributed by atoms with Gasteiger partial charge in [-0.15, -0.1) is 11.6 Å².